The SMILES string of the molecule is COC(=O)c1ccc(F)c(NCc2cscn2)c1. The maximum atomic E-state index is 13.5. The third-order valence-electron chi connectivity index (χ3n) is 2.33. The number of nitrogens with one attached hydrogen (secondary N) is 1. The lowest BCUT2D eigenvalue weighted by atomic mass is 10.2. The van der Waals surface area contributed by atoms with Crippen molar-refractivity contribution < 1.29 is 13.9 Å². The minimum absolute atomic E-state index is 0.255. The zero-order chi connectivity index (χ0) is 13.0. The van der Waals surface area contributed by atoms with Crippen LogP contribution in [0.3, 0.4) is 0 Å². The first-order valence-electron chi connectivity index (χ1n) is 5.19. The van der Waals surface area contributed by atoms with Gasteiger partial charge in [0.25, 0.3) is 0 Å². The predicted molar refractivity (Wildman–Crippen MR) is 67.2 cm³/mol. The van der Waals surface area contributed by atoms with Gasteiger partial charge in [0.15, 0.2) is 0 Å². The summed E-state index contributed by atoms with van der Waals surface area (Å²) in [5.41, 5.74) is 3.09. The van der Waals surface area contributed by atoms with Gasteiger partial charge < -0.3 is 10.1 Å². The Morgan fingerprint density at radius 3 is 3.06 bits per heavy atom. The Hall–Kier alpha value is -1.95. The van der Waals surface area contributed by atoms with Crippen molar-refractivity contribution in [3.63, 3.8) is 0 Å². The molecule has 2 aromatic rings. The van der Waals surface area contributed by atoms with Gasteiger partial charge in [-0.1, -0.05) is 0 Å². The maximum Gasteiger partial charge on any atom is 0.337 e. The lowest BCUT2D eigenvalue weighted by Gasteiger charge is -2.07. The summed E-state index contributed by atoms with van der Waals surface area (Å²) in [7, 11) is 1.29. The molecule has 18 heavy (non-hydrogen) atoms. The van der Waals surface area contributed by atoms with Crippen molar-refractivity contribution in [3.8, 4) is 0 Å². The minimum Gasteiger partial charge on any atom is -0.465 e. The Bertz CT molecular complexity index is 543. The number of aromatic nitrogens is 1. The lowest BCUT2D eigenvalue weighted by Crippen LogP contribution is -2.05. The van der Waals surface area contributed by atoms with Crippen molar-refractivity contribution in [2.24, 2.45) is 0 Å². The van der Waals surface area contributed by atoms with E-state index in [2.05, 4.69) is 15.0 Å². The Kier molecular flexibility index (Phi) is 3.88. The van der Waals surface area contributed by atoms with Crippen molar-refractivity contribution in [1.82, 2.24) is 4.98 Å². The van der Waals surface area contributed by atoms with Gasteiger partial charge >= 0.3 is 5.97 Å². The van der Waals surface area contributed by atoms with Gasteiger partial charge in [-0.15, -0.1) is 11.3 Å². The molecule has 2 rings (SSSR count). The smallest absolute Gasteiger partial charge is 0.337 e. The van der Waals surface area contributed by atoms with Crippen LogP contribution in [-0.2, 0) is 11.3 Å². The van der Waals surface area contributed by atoms with E-state index in [9.17, 15) is 9.18 Å². The number of esters is 1. The molecular weight excluding hydrogens is 255 g/mol. The van der Waals surface area contributed by atoms with Crippen LogP contribution in [0.5, 0.6) is 0 Å². The van der Waals surface area contributed by atoms with Crippen molar-refractivity contribution >= 4 is 23.0 Å². The molecule has 6 heteroatoms. The number of hydrogen-bond acceptors (Lipinski definition) is 5. The largest absolute Gasteiger partial charge is 0.465 e. The molecule has 0 spiro atoms. The molecule has 0 aliphatic rings. The molecule has 0 amide bonds. The first-order chi connectivity index (χ1) is 8.70. The minimum atomic E-state index is -0.494. The molecule has 4 nitrogen and oxygen atoms in total. The number of carbonyl (C=O) groups excluding carboxylic acids is 1. The third kappa shape index (κ3) is 2.84. The second kappa shape index (κ2) is 5.59. The highest BCUT2D eigenvalue weighted by Crippen LogP contribution is 2.17. The highest BCUT2D eigenvalue weighted by molar-refractivity contribution is 7.07. The van der Waals surface area contributed by atoms with Crippen LogP contribution in [0.25, 0.3) is 0 Å². The summed E-state index contributed by atoms with van der Waals surface area (Å²) in [5.74, 6) is -0.912. The number of thiazole rings is 1. The Balaban J connectivity index is 2.13. The Morgan fingerprint density at radius 2 is 2.39 bits per heavy atom. The monoisotopic (exact) mass is 266 g/mol. The van der Waals surface area contributed by atoms with Crippen LogP contribution in [-0.4, -0.2) is 18.1 Å². The number of anilines is 1. The molecular formula is C12H11FN2O2S. The molecule has 0 aliphatic heterocycles. The zero-order valence-electron chi connectivity index (χ0n) is 9.64. The van der Waals surface area contributed by atoms with Gasteiger partial charge in [-0.3, -0.25) is 0 Å². The van der Waals surface area contributed by atoms with Crippen LogP contribution in [0.1, 0.15) is 16.1 Å². The average Bonchev–Trinajstić information content (AvgIpc) is 2.90. The van der Waals surface area contributed by atoms with Crippen LogP contribution < -0.4 is 5.32 Å². The molecule has 0 saturated carbocycles. The molecule has 0 fully saturated rings. The standard InChI is InChI=1S/C12H11FN2O2S/c1-17-12(16)8-2-3-10(13)11(4-8)14-5-9-6-18-7-15-9/h2-4,6-7,14H,5H2,1H3. The predicted octanol–water partition coefficient (Wildman–Crippen LogP) is 2.68. The summed E-state index contributed by atoms with van der Waals surface area (Å²) < 4.78 is 18.1. The highest BCUT2D eigenvalue weighted by atomic mass is 32.1. The topological polar surface area (TPSA) is 51.2 Å². The van der Waals surface area contributed by atoms with Crippen LogP contribution in [0.2, 0.25) is 0 Å². The summed E-state index contributed by atoms with van der Waals surface area (Å²) in [6.45, 7) is 0.408. The van der Waals surface area contributed by atoms with Gasteiger partial charge in [0.1, 0.15) is 5.82 Å². The molecule has 94 valence electrons. The quantitative estimate of drug-likeness (QED) is 0.864. The average molecular weight is 266 g/mol. The van der Waals surface area contributed by atoms with Crippen molar-refractivity contribution in [2.45, 2.75) is 6.54 Å². The number of methoxy groups -OCH3 is 1. The van der Waals surface area contributed by atoms with E-state index < -0.39 is 11.8 Å². The van der Waals surface area contributed by atoms with Gasteiger partial charge in [0, 0.05) is 5.38 Å². The number of hydrogen-bond donors (Lipinski definition) is 1. The molecule has 1 aromatic carbocycles. The van der Waals surface area contributed by atoms with E-state index in [0.717, 1.165) is 5.69 Å². The van der Waals surface area contributed by atoms with E-state index in [4.69, 9.17) is 0 Å². The van der Waals surface area contributed by atoms with E-state index in [1.54, 1.807) is 5.51 Å². The number of rotatable bonds is 4. The molecule has 1 heterocycles. The van der Waals surface area contributed by atoms with Gasteiger partial charge in [-0.2, -0.15) is 0 Å². The van der Waals surface area contributed by atoms with Crippen LogP contribution in [0.15, 0.2) is 29.1 Å². The first-order valence-corrected chi connectivity index (χ1v) is 6.14. The van der Waals surface area contributed by atoms with Gasteiger partial charge in [0.2, 0.25) is 0 Å². The highest BCUT2D eigenvalue weighted by Gasteiger charge is 2.09. The van der Waals surface area contributed by atoms with Crippen molar-refractivity contribution in [2.75, 3.05) is 12.4 Å². The van der Waals surface area contributed by atoms with Gasteiger partial charge in [-0.25, -0.2) is 14.2 Å². The summed E-state index contributed by atoms with van der Waals surface area (Å²) in [4.78, 5) is 15.4. The normalized spacial score (nSPS) is 10.1. The van der Waals surface area contributed by atoms with Crippen LogP contribution >= 0.6 is 11.3 Å². The molecule has 0 atom stereocenters. The summed E-state index contributed by atoms with van der Waals surface area (Å²) in [6, 6.07) is 4.04. The molecule has 0 saturated heterocycles. The first kappa shape index (κ1) is 12.5. The third-order valence-corrected chi connectivity index (χ3v) is 2.97. The second-order valence-electron chi connectivity index (χ2n) is 3.52. The van der Waals surface area contributed by atoms with E-state index in [0.29, 0.717) is 12.1 Å². The molecule has 0 bridgehead atoms. The van der Waals surface area contributed by atoms with Crippen molar-refractivity contribution in [3.05, 3.63) is 46.2 Å². The second-order valence-corrected chi connectivity index (χ2v) is 4.24. The number of carbonyl (C=O) groups is 1. The summed E-state index contributed by atoms with van der Waals surface area (Å²) >= 11 is 1.47. The Morgan fingerprint density at radius 1 is 1.56 bits per heavy atom. The fourth-order valence-electron chi connectivity index (χ4n) is 1.42. The Labute approximate surface area is 107 Å². The maximum absolute atomic E-state index is 13.5. The molecule has 0 radical (unpaired) electrons. The zero-order valence-corrected chi connectivity index (χ0v) is 10.5. The fourth-order valence-corrected chi connectivity index (χ4v) is 1.97. The van der Waals surface area contributed by atoms with Crippen LogP contribution in [0, 0.1) is 5.82 Å². The summed E-state index contributed by atoms with van der Waals surface area (Å²) in [6.07, 6.45) is 0. The van der Waals surface area contributed by atoms with E-state index >= 15 is 0 Å². The van der Waals surface area contributed by atoms with E-state index in [-0.39, 0.29) is 5.69 Å². The molecule has 1 N–H and O–H groups in total. The number of benzene rings is 1. The molecule has 0 unspecified atom stereocenters. The van der Waals surface area contributed by atoms with E-state index in [1.807, 2.05) is 5.38 Å². The van der Waals surface area contributed by atoms with Crippen LogP contribution in [0.4, 0.5) is 10.1 Å². The van der Waals surface area contributed by atoms with Crippen molar-refractivity contribution in [1.29, 1.82) is 0 Å². The van der Waals surface area contributed by atoms with Gasteiger partial charge in [0.05, 0.1) is 36.1 Å². The van der Waals surface area contributed by atoms with E-state index in [1.165, 1.54) is 36.6 Å². The molecule has 1 aromatic heterocycles. The van der Waals surface area contributed by atoms with Gasteiger partial charge in [-0.05, 0) is 18.2 Å². The lowest BCUT2D eigenvalue weighted by molar-refractivity contribution is 0.0601. The number of halogens is 1. The summed E-state index contributed by atoms with van der Waals surface area (Å²) in [5, 5.41) is 4.77. The molecule has 0 aliphatic carbocycles. The number of ether oxygens (including phenoxy) is 1. The fraction of sp³-hybridized carbons (Fsp3) is 0.167. The number of nitrogens with zero attached hydrogens (tertiary/aromatic N) is 1.